The first kappa shape index (κ1) is 14.5. The van der Waals surface area contributed by atoms with Gasteiger partial charge in [-0.1, -0.05) is 13.8 Å². The Labute approximate surface area is 104 Å². The molecule has 2 atom stereocenters. The van der Waals surface area contributed by atoms with Crippen LogP contribution in [-0.4, -0.2) is 41.7 Å². The van der Waals surface area contributed by atoms with Gasteiger partial charge in [0.15, 0.2) is 0 Å². The molecule has 0 radical (unpaired) electrons. The minimum atomic E-state index is -0.261. The third-order valence-electron chi connectivity index (χ3n) is 3.91. The fraction of sp³-hybridized carbons (Fsp3) is 0.923. The highest BCUT2D eigenvalue weighted by Gasteiger charge is 2.30. The van der Waals surface area contributed by atoms with Crippen LogP contribution in [0.3, 0.4) is 0 Å². The van der Waals surface area contributed by atoms with E-state index in [4.69, 9.17) is 5.73 Å². The largest absolute Gasteiger partial charge is 0.393 e. The van der Waals surface area contributed by atoms with Crippen molar-refractivity contribution in [2.75, 3.05) is 19.6 Å². The van der Waals surface area contributed by atoms with Crippen molar-refractivity contribution in [3.05, 3.63) is 0 Å². The average Bonchev–Trinajstić information content (AvgIpc) is 2.29. The second-order valence-corrected chi connectivity index (χ2v) is 5.49. The summed E-state index contributed by atoms with van der Waals surface area (Å²) < 4.78 is 0. The van der Waals surface area contributed by atoms with Crippen molar-refractivity contribution in [1.82, 2.24) is 4.90 Å². The number of hydrogen-bond acceptors (Lipinski definition) is 3. The molecule has 2 unspecified atom stereocenters. The standard InChI is InChI=1S/C13H26N2O2/c1-9(2)12(8-14)13(17)15-6-4-11(5-7-15)10(3)16/h9-12,16H,4-8,14H2,1-3H3. The molecule has 1 rings (SSSR count). The van der Waals surface area contributed by atoms with E-state index in [9.17, 15) is 9.90 Å². The van der Waals surface area contributed by atoms with Crippen LogP contribution < -0.4 is 5.73 Å². The number of aliphatic hydroxyl groups is 1. The molecule has 1 heterocycles. The number of nitrogens with two attached hydrogens (primary N) is 1. The molecule has 17 heavy (non-hydrogen) atoms. The summed E-state index contributed by atoms with van der Waals surface area (Å²) in [6.07, 6.45) is 1.54. The first-order chi connectivity index (χ1) is 7.97. The molecule has 1 aliphatic rings. The Bertz CT molecular complexity index is 246. The summed E-state index contributed by atoms with van der Waals surface area (Å²) in [5, 5.41) is 9.52. The van der Waals surface area contributed by atoms with Crippen molar-refractivity contribution >= 4 is 5.91 Å². The minimum Gasteiger partial charge on any atom is -0.393 e. The molecule has 0 aromatic carbocycles. The molecule has 100 valence electrons. The minimum absolute atomic E-state index is 0.0573. The van der Waals surface area contributed by atoms with Gasteiger partial charge in [-0.25, -0.2) is 0 Å². The lowest BCUT2D eigenvalue weighted by Gasteiger charge is -2.35. The highest BCUT2D eigenvalue weighted by molar-refractivity contribution is 5.79. The monoisotopic (exact) mass is 242 g/mol. The molecule has 1 fully saturated rings. The summed E-state index contributed by atoms with van der Waals surface area (Å²) in [7, 11) is 0. The van der Waals surface area contributed by atoms with Crippen LogP contribution in [0.25, 0.3) is 0 Å². The zero-order chi connectivity index (χ0) is 13.0. The van der Waals surface area contributed by atoms with Crippen LogP contribution in [-0.2, 0) is 4.79 Å². The Kier molecular flexibility index (Phi) is 5.40. The van der Waals surface area contributed by atoms with Gasteiger partial charge in [-0.2, -0.15) is 0 Å². The van der Waals surface area contributed by atoms with Crippen molar-refractivity contribution in [2.24, 2.45) is 23.5 Å². The van der Waals surface area contributed by atoms with Gasteiger partial charge < -0.3 is 15.7 Å². The van der Waals surface area contributed by atoms with E-state index < -0.39 is 0 Å². The van der Waals surface area contributed by atoms with Crippen LogP contribution in [0.1, 0.15) is 33.6 Å². The molecule has 0 spiro atoms. The smallest absolute Gasteiger partial charge is 0.227 e. The van der Waals surface area contributed by atoms with Gasteiger partial charge in [-0.05, 0) is 31.6 Å². The first-order valence-corrected chi connectivity index (χ1v) is 6.64. The zero-order valence-electron chi connectivity index (χ0n) is 11.2. The van der Waals surface area contributed by atoms with E-state index in [1.54, 1.807) is 0 Å². The second kappa shape index (κ2) is 6.36. The summed E-state index contributed by atoms with van der Waals surface area (Å²) in [4.78, 5) is 14.1. The normalized spacial score (nSPS) is 21.6. The maximum atomic E-state index is 12.2. The van der Waals surface area contributed by atoms with Crippen molar-refractivity contribution in [1.29, 1.82) is 0 Å². The SMILES string of the molecule is CC(C)C(CN)C(=O)N1CCC(C(C)O)CC1. The quantitative estimate of drug-likeness (QED) is 0.767. The number of carbonyl (C=O) groups excluding carboxylic acids is 1. The lowest BCUT2D eigenvalue weighted by molar-refractivity contribution is -0.138. The van der Waals surface area contributed by atoms with Crippen molar-refractivity contribution in [3.63, 3.8) is 0 Å². The molecular formula is C13H26N2O2. The third kappa shape index (κ3) is 3.68. The molecule has 0 bridgehead atoms. The molecule has 1 saturated heterocycles. The van der Waals surface area contributed by atoms with Gasteiger partial charge in [0.1, 0.15) is 0 Å². The van der Waals surface area contributed by atoms with Crippen molar-refractivity contribution in [2.45, 2.75) is 39.7 Å². The number of rotatable bonds is 4. The Morgan fingerprint density at radius 3 is 2.24 bits per heavy atom. The number of nitrogens with zero attached hydrogens (tertiary/aromatic N) is 1. The van der Waals surface area contributed by atoms with Gasteiger partial charge in [0.05, 0.1) is 12.0 Å². The summed E-state index contributed by atoms with van der Waals surface area (Å²) in [5.41, 5.74) is 5.67. The number of piperidine rings is 1. The third-order valence-corrected chi connectivity index (χ3v) is 3.91. The van der Waals surface area contributed by atoms with Crippen LogP contribution in [0.2, 0.25) is 0 Å². The van der Waals surface area contributed by atoms with Gasteiger partial charge >= 0.3 is 0 Å². The highest BCUT2D eigenvalue weighted by atomic mass is 16.3. The second-order valence-electron chi connectivity index (χ2n) is 5.49. The predicted octanol–water partition coefficient (Wildman–Crippen LogP) is 0.837. The van der Waals surface area contributed by atoms with Crippen molar-refractivity contribution < 1.29 is 9.90 Å². The van der Waals surface area contributed by atoms with Crippen LogP contribution in [0, 0.1) is 17.8 Å². The van der Waals surface area contributed by atoms with Crippen LogP contribution in [0.15, 0.2) is 0 Å². The van der Waals surface area contributed by atoms with E-state index in [0.717, 1.165) is 25.9 Å². The molecule has 4 heteroatoms. The lowest BCUT2D eigenvalue weighted by Crippen LogP contribution is -2.46. The average molecular weight is 242 g/mol. The summed E-state index contributed by atoms with van der Waals surface area (Å²) >= 11 is 0. The number of aliphatic hydroxyl groups excluding tert-OH is 1. The molecule has 1 aliphatic heterocycles. The molecule has 4 nitrogen and oxygen atoms in total. The van der Waals surface area contributed by atoms with Gasteiger partial charge in [0, 0.05) is 19.6 Å². The van der Waals surface area contributed by atoms with E-state index >= 15 is 0 Å². The van der Waals surface area contributed by atoms with Crippen LogP contribution in [0.4, 0.5) is 0 Å². The molecule has 0 saturated carbocycles. The molecule has 0 aromatic rings. The molecular weight excluding hydrogens is 216 g/mol. The van der Waals surface area contributed by atoms with E-state index in [1.807, 2.05) is 25.7 Å². The molecule has 0 aliphatic carbocycles. The Balaban J connectivity index is 2.50. The van der Waals surface area contributed by atoms with Gasteiger partial charge in [0.25, 0.3) is 0 Å². The summed E-state index contributed by atoms with van der Waals surface area (Å²) in [5.74, 6) is 0.765. The molecule has 3 N–H and O–H groups in total. The Morgan fingerprint density at radius 2 is 1.88 bits per heavy atom. The van der Waals surface area contributed by atoms with E-state index in [1.165, 1.54) is 0 Å². The van der Waals surface area contributed by atoms with E-state index in [0.29, 0.717) is 18.4 Å². The highest BCUT2D eigenvalue weighted by Crippen LogP contribution is 2.23. The van der Waals surface area contributed by atoms with Crippen molar-refractivity contribution in [3.8, 4) is 0 Å². The van der Waals surface area contributed by atoms with Gasteiger partial charge in [-0.15, -0.1) is 0 Å². The van der Waals surface area contributed by atoms with Crippen LogP contribution >= 0.6 is 0 Å². The van der Waals surface area contributed by atoms with E-state index in [2.05, 4.69) is 0 Å². The summed E-state index contributed by atoms with van der Waals surface area (Å²) in [6, 6.07) is 0. The number of hydrogen-bond donors (Lipinski definition) is 2. The lowest BCUT2D eigenvalue weighted by atomic mass is 9.89. The molecule has 0 aromatic heterocycles. The summed E-state index contributed by atoms with van der Waals surface area (Å²) in [6.45, 7) is 7.86. The zero-order valence-corrected chi connectivity index (χ0v) is 11.2. The van der Waals surface area contributed by atoms with Gasteiger partial charge in [0.2, 0.25) is 5.91 Å². The van der Waals surface area contributed by atoms with Gasteiger partial charge in [-0.3, -0.25) is 4.79 Å². The van der Waals surface area contributed by atoms with Crippen LogP contribution in [0.5, 0.6) is 0 Å². The number of carbonyl (C=O) groups is 1. The predicted molar refractivity (Wildman–Crippen MR) is 68.4 cm³/mol. The maximum Gasteiger partial charge on any atom is 0.227 e. The number of likely N-dealkylation sites (tertiary alicyclic amines) is 1. The maximum absolute atomic E-state index is 12.2. The fourth-order valence-electron chi connectivity index (χ4n) is 2.49. The van der Waals surface area contributed by atoms with E-state index in [-0.39, 0.29) is 17.9 Å². The number of amides is 1. The fourth-order valence-corrected chi connectivity index (χ4v) is 2.49. The molecule has 1 amide bonds. The first-order valence-electron chi connectivity index (χ1n) is 6.64. The Morgan fingerprint density at radius 1 is 1.35 bits per heavy atom. The Hall–Kier alpha value is -0.610. The topological polar surface area (TPSA) is 66.6 Å².